The first-order valence-corrected chi connectivity index (χ1v) is 7.10. The van der Waals surface area contributed by atoms with Crippen LogP contribution < -0.4 is 5.73 Å². The molecule has 0 aliphatic carbocycles. The lowest BCUT2D eigenvalue weighted by molar-refractivity contribution is -0.0622. The molecule has 0 spiro atoms. The van der Waals surface area contributed by atoms with Gasteiger partial charge in [0.05, 0.1) is 12.2 Å². The third kappa shape index (κ3) is 3.36. The zero-order chi connectivity index (χ0) is 13.0. The van der Waals surface area contributed by atoms with Gasteiger partial charge in [0.15, 0.2) is 0 Å². The molecule has 5 nitrogen and oxygen atoms in total. The van der Waals surface area contributed by atoms with E-state index in [1.807, 2.05) is 16.7 Å². The Balaban J connectivity index is 1.94. The lowest BCUT2D eigenvalue weighted by atomic mass is 10.2. The van der Waals surface area contributed by atoms with Gasteiger partial charge in [0, 0.05) is 32.7 Å². The lowest BCUT2D eigenvalue weighted by Crippen LogP contribution is -2.55. The highest BCUT2D eigenvalue weighted by Crippen LogP contribution is 2.16. The van der Waals surface area contributed by atoms with E-state index in [9.17, 15) is 4.79 Å². The molecule has 2 heterocycles. The van der Waals surface area contributed by atoms with E-state index < -0.39 is 0 Å². The molecule has 0 aromatic rings. The van der Waals surface area contributed by atoms with Crippen molar-refractivity contribution in [2.75, 3.05) is 32.7 Å². The van der Waals surface area contributed by atoms with Crippen LogP contribution in [0.25, 0.3) is 0 Å². The first kappa shape index (κ1) is 13.6. The molecule has 2 aliphatic heterocycles. The van der Waals surface area contributed by atoms with Gasteiger partial charge in [-0.25, -0.2) is 4.79 Å². The van der Waals surface area contributed by atoms with Crippen molar-refractivity contribution in [1.82, 2.24) is 9.80 Å². The first-order valence-electron chi connectivity index (χ1n) is 7.10. The van der Waals surface area contributed by atoms with Crippen LogP contribution in [-0.4, -0.2) is 60.8 Å². The SMILES string of the molecule is CC1CN(C(=O)N2CCCCCC2)CC(CN)O1. The average molecular weight is 255 g/mol. The van der Waals surface area contributed by atoms with Crippen molar-refractivity contribution < 1.29 is 9.53 Å². The number of hydrogen-bond acceptors (Lipinski definition) is 3. The summed E-state index contributed by atoms with van der Waals surface area (Å²) in [6.07, 6.45) is 4.83. The lowest BCUT2D eigenvalue weighted by Gasteiger charge is -2.38. The number of rotatable bonds is 1. The van der Waals surface area contributed by atoms with Crippen LogP contribution in [0.5, 0.6) is 0 Å². The Hall–Kier alpha value is -0.810. The van der Waals surface area contributed by atoms with E-state index in [1.54, 1.807) is 0 Å². The first-order chi connectivity index (χ1) is 8.70. The smallest absolute Gasteiger partial charge is 0.320 e. The Bertz CT molecular complexity index is 277. The Labute approximate surface area is 109 Å². The van der Waals surface area contributed by atoms with Gasteiger partial charge < -0.3 is 20.3 Å². The summed E-state index contributed by atoms with van der Waals surface area (Å²) < 4.78 is 5.69. The van der Waals surface area contributed by atoms with E-state index >= 15 is 0 Å². The normalized spacial score (nSPS) is 30.1. The monoisotopic (exact) mass is 255 g/mol. The fourth-order valence-corrected chi connectivity index (χ4v) is 2.79. The molecule has 5 heteroatoms. The molecule has 2 amide bonds. The fourth-order valence-electron chi connectivity index (χ4n) is 2.79. The second-order valence-corrected chi connectivity index (χ2v) is 5.39. The molecule has 0 aromatic heterocycles. The van der Waals surface area contributed by atoms with Crippen LogP contribution in [0.3, 0.4) is 0 Å². The Morgan fingerprint density at radius 2 is 1.83 bits per heavy atom. The van der Waals surface area contributed by atoms with E-state index in [4.69, 9.17) is 10.5 Å². The van der Waals surface area contributed by atoms with Crippen LogP contribution in [0.4, 0.5) is 4.79 Å². The minimum absolute atomic E-state index is 0.00956. The van der Waals surface area contributed by atoms with Gasteiger partial charge in [-0.1, -0.05) is 12.8 Å². The summed E-state index contributed by atoms with van der Waals surface area (Å²) in [4.78, 5) is 16.4. The number of amides is 2. The zero-order valence-corrected chi connectivity index (χ0v) is 11.3. The van der Waals surface area contributed by atoms with Gasteiger partial charge >= 0.3 is 6.03 Å². The molecule has 2 saturated heterocycles. The molecule has 2 aliphatic rings. The summed E-state index contributed by atoms with van der Waals surface area (Å²) in [6, 6.07) is 0.172. The highest BCUT2D eigenvalue weighted by atomic mass is 16.5. The van der Waals surface area contributed by atoms with Gasteiger partial charge in [0.2, 0.25) is 0 Å². The quantitative estimate of drug-likeness (QED) is 0.761. The maximum atomic E-state index is 12.5. The largest absolute Gasteiger partial charge is 0.370 e. The second kappa shape index (κ2) is 6.38. The Morgan fingerprint density at radius 3 is 2.44 bits per heavy atom. The van der Waals surface area contributed by atoms with Gasteiger partial charge in [-0.15, -0.1) is 0 Å². The molecular weight excluding hydrogens is 230 g/mol. The fraction of sp³-hybridized carbons (Fsp3) is 0.923. The summed E-state index contributed by atoms with van der Waals surface area (Å²) in [6.45, 7) is 5.61. The van der Waals surface area contributed by atoms with Crippen LogP contribution in [0.15, 0.2) is 0 Å². The second-order valence-electron chi connectivity index (χ2n) is 5.39. The summed E-state index contributed by atoms with van der Waals surface area (Å²) in [5, 5.41) is 0. The highest BCUT2D eigenvalue weighted by molar-refractivity contribution is 5.74. The van der Waals surface area contributed by atoms with Crippen molar-refractivity contribution in [1.29, 1.82) is 0 Å². The van der Waals surface area contributed by atoms with Crippen LogP contribution in [0.1, 0.15) is 32.6 Å². The van der Waals surface area contributed by atoms with Crippen molar-refractivity contribution in [2.45, 2.75) is 44.8 Å². The molecule has 0 radical (unpaired) electrons. The van der Waals surface area contributed by atoms with Gasteiger partial charge in [-0.05, 0) is 19.8 Å². The number of morpholine rings is 1. The number of likely N-dealkylation sites (tertiary alicyclic amines) is 1. The van der Waals surface area contributed by atoms with Crippen molar-refractivity contribution >= 4 is 6.03 Å². The molecule has 2 fully saturated rings. The zero-order valence-electron chi connectivity index (χ0n) is 11.3. The third-order valence-electron chi connectivity index (χ3n) is 3.74. The minimum Gasteiger partial charge on any atom is -0.370 e. The van der Waals surface area contributed by atoms with Crippen LogP contribution >= 0.6 is 0 Å². The summed E-state index contributed by atoms with van der Waals surface area (Å²) in [7, 11) is 0. The number of nitrogens with zero attached hydrogens (tertiary/aromatic N) is 2. The van der Waals surface area contributed by atoms with E-state index in [-0.39, 0.29) is 18.2 Å². The van der Waals surface area contributed by atoms with Crippen molar-refractivity contribution in [3.63, 3.8) is 0 Å². The predicted octanol–water partition coefficient (Wildman–Crippen LogP) is 1.03. The number of nitrogens with two attached hydrogens (primary N) is 1. The van der Waals surface area contributed by atoms with Gasteiger partial charge in [-0.2, -0.15) is 0 Å². The molecular formula is C13H25N3O2. The molecule has 2 N–H and O–H groups in total. The maximum Gasteiger partial charge on any atom is 0.320 e. The van der Waals surface area contributed by atoms with Gasteiger partial charge in [0.25, 0.3) is 0 Å². The summed E-state index contributed by atoms with van der Waals surface area (Å²) >= 11 is 0. The van der Waals surface area contributed by atoms with Crippen LogP contribution in [0.2, 0.25) is 0 Å². The van der Waals surface area contributed by atoms with E-state index in [0.29, 0.717) is 19.6 Å². The van der Waals surface area contributed by atoms with Crippen molar-refractivity contribution in [3.05, 3.63) is 0 Å². The van der Waals surface area contributed by atoms with Gasteiger partial charge in [-0.3, -0.25) is 0 Å². The van der Waals surface area contributed by atoms with Crippen LogP contribution in [-0.2, 0) is 4.74 Å². The standard InChI is InChI=1S/C13H25N3O2/c1-11-9-16(10-12(8-14)18-11)13(17)15-6-4-2-3-5-7-15/h11-12H,2-10,14H2,1H3. The average Bonchev–Trinajstić information content (AvgIpc) is 2.65. The molecule has 0 saturated carbocycles. The summed E-state index contributed by atoms with van der Waals surface area (Å²) in [5.41, 5.74) is 5.65. The number of carbonyl (C=O) groups excluding carboxylic acids is 1. The minimum atomic E-state index is -0.00956. The molecule has 2 rings (SSSR count). The topological polar surface area (TPSA) is 58.8 Å². The number of hydrogen-bond donors (Lipinski definition) is 1. The van der Waals surface area contributed by atoms with E-state index in [2.05, 4.69) is 0 Å². The van der Waals surface area contributed by atoms with Crippen molar-refractivity contribution in [3.8, 4) is 0 Å². The van der Waals surface area contributed by atoms with Gasteiger partial charge in [0.1, 0.15) is 0 Å². The molecule has 0 aromatic carbocycles. The Kier molecular flexibility index (Phi) is 4.83. The summed E-state index contributed by atoms with van der Waals surface area (Å²) in [5.74, 6) is 0. The third-order valence-corrected chi connectivity index (χ3v) is 3.74. The number of carbonyl (C=O) groups is 1. The highest BCUT2D eigenvalue weighted by Gasteiger charge is 2.30. The van der Waals surface area contributed by atoms with Crippen molar-refractivity contribution in [2.24, 2.45) is 5.73 Å². The molecule has 104 valence electrons. The Morgan fingerprint density at radius 1 is 1.17 bits per heavy atom. The van der Waals surface area contributed by atoms with E-state index in [0.717, 1.165) is 25.9 Å². The number of ether oxygens (including phenoxy) is 1. The van der Waals surface area contributed by atoms with Crippen LogP contribution in [0, 0.1) is 0 Å². The molecule has 2 unspecified atom stereocenters. The molecule has 0 bridgehead atoms. The number of urea groups is 1. The van der Waals surface area contributed by atoms with E-state index in [1.165, 1.54) is 12.8 Å². The molecule has 18 heavy (non-hydrogen) atoms. The molecule has 2 atom stereocenters. The predicted molar refractivity (Wildman–Crippen MR) is 70.4 cm³/mol. The maximum absolute atomic E-state index is 12.5.